The molecule has 0 radical (unpaired) electrons. The highest BCUT2D eigenvalue weighted by Gasteiger charge is 2.47. The molecule has 0 spiro atoms. The van der Waals surface area contributed by atoms with Gasteiger partial charge in [-0.15, -0.1) is 0 Å². The predicted octanol–water partition coefficient (Wildman–Crippen LogP) is 5.91. The maximum atomic E-state index is 6.23. The Bertz CT molecular complexity index is 787. The fourth-order valence-electron chi connectivity index (χ4n) is 4.46. The van der Waals surface area contributed by atoms with Gasteiger partial charge in [-0.3, -0.25) is 0 Å². The minimum Gasteiger partial charge on any atom is -0.478 e. The number of hydrogen-bond donors (Lipinski definition) is 0. The van der Waals surface area contributed by atoms with Crippen molar-refractivity contribution in [3.05, 3.63) is 71.8 Å². The predicted molar refractivity (Wildman–Crippen MR) is 117 cm³/mol. The zero-order valence-corrected chi connectivity index (χ0v) is 17.4. The van der Waals surface area contributed by atoms with E-state index in [4.69, 9.17) is 19.5 Å². The molecule has 4 heteroatoms. The Kier molecular flexibility index (Phi) is 5.98. The van der Waals surface area contributed by atoms with Crippen molar-refractivity contribution in [3.8, 4) is 0 Å². The lowest BCUT2D eigenvalue weighted by Gasteiger charge is -2.31. The smallest absolute Gasteiger partial charge is 0.200 e. The summed E-state index contributed by atoms with van der Waals surface area (Å²) in [7, 11) is 0. The minimum absolute atomic E-state index is 0.0474. The third-order valence-electron chi connectivity index (χ3n) is 5.84. The number of nitrogens with zero attached hydrogens (tertiary/aromatic N) is 2. The molecule has 0 bridgehead atoms. The molecule has 0 saturated heterocycles. The molecular formula is C25H30N2O2. The van der Waals surface area contributed by atoms with Gasteiger partial charge in [0, 0.05) is 0 Å². The van der Waals surface area contributed by atoms with Gasteiger partial charge < -0.3 is 9.47 Å². The standard InChI is InChI=1S/C25H30N2O2/c1-3-15-25(16-4-2,23-26-21(17-28-23)19-11-7-5-8-12-19)24-27-22(18-29-24)20-13-9-6-10-14-20/h5-14,21-22H,3-4,15-18H2,1-2H3. The summed E-state index contributed by atoms with van der Waals surface area (Å²) in [5.41, 5.74) is 2.03. The topological polar surface area (TPSA) is 43.2 Å². The number of aliphatic imine (C=N–C) groups is 2. The van der Waals surface area contributed by atoms with Crippen LogP contribution < -0.4 is 0 Å². The molecule has 4 nitrogen and oxygen atoms in total. The molecule has 2 atom stereocenters. The minimum atomic E-state index is -0.365. The maximum absolute atomic E-state index is 6.23. The summed E-state index contributed by atoms with van der Waals surface area (Å²) in [4.78, 5) is 10.1. The van der Waals surface area contributed by atoms with Crippen molar-refractivity contribution in [3.63, 3.8) is 0 Å². The molecule has 2 aliphatic rings. The summed E-state index contributed by atoms with van der Waals surface area (Å²) in [6.07, 6.45) is 3.91. The van der Waals surface area contributed by atoms with E-state index in [0.29, 0.717) is 13.2 Å². The van der Waals surface area contributed by atoms with Crippen molar-refractivity contribution >= 4 is 11.8 Å². The van der Waals surface area contributed by atoms with Crippen LogP contribution in [-0.4, -0.2) is 25.0 Å². The first-order chi connectivity index (χ1) is 14.3. The summed E-state index contributed by atoms with van der Waals surface area (Å²) in [6.45, 7) is 5.59. The van der Waals surface area contributed by atoms with Crippen LogP contribution in [0, 0.1) is 5.41 Å². The third-order valence-corrected chi connectivity index (χ3v) is 5.84. The molecule has 2 aliphatic heterocycles. The quantitative estimate of drug-likeness (QED) is 0.562. The highest BCUT2D eigenvalue weighted by atomic mass is 16.5. The summed E-state index contributed by atoms with van der Waals surface area (Å²) < 4.78 is 12.5. The van der Waals surface area contributed by atoms with E-state index in [2.05, 4.69) is 62.4 Å². The molecule has 29 heavy (non-hydrogen) atoms. The molecule has 0 saturated carbocycles. The Balaban J connectivity index is 1.68. The van der Waals surface area contributed by atoms with Crippen LogP contribution in [0.1, 0.15) is 62.7 Å². The first-order valence-corrected chi connectivity index (χ1v) is 10.8. The second-order valence-corrected chi connectivity index (χ2v) is 7.93. The van der Waals surface area contributed by atoms with Gasteiger partial charge in [0.2, 0.25) is 0 Å². The SMILES string of the molecule is CCCC(CCC)(C1=NC(c2ccccc2)CO1)C1=NC(c2ccccc2)CO1. The number of benzene rings is 2. The molecule has 0 amide bonds. The van der Waals surface area contributed by atoms with Gasteiger partial charge >= 0.3 is 0 Å². The first kappa shape index (κ1) is 19.7. The molecule has 0 aliphatic carbocycles. The van der Waals surface area contributed by atoms with Crippen molar-refractivity contribution < 1.29 is 9.47 Å². The van der Waals surface area contributed by atoms with Crippen LogP contribution in [0.2, 0.25) is 0 Å². The van der Waals surface area contributed by atoms with Gasteiger partial charge in [0.05, 0.1) is 0 Å². The second-order valence-electron chi connectivity index (χ2n) is 7.93. The number of ether oxygens (including phenoxy) is 2. The van der Waals surface area contributed by atoms with Crippen LogP contribution in [0.3, 0.4) is 0 Å². The lowest BCUT2D eigenvalue weighted by Crippen LogP contribution is -2.40. The first-order valence-electron chi connectivity index (χ1n) is 10.8. The Hall–Kier alpha value is -2.62. The zero-order valence-electron chi connectivity index (χ0n) is 17.4. The van der Waals surface area contributed by atoms with E-state index in [0.717, 1.165) is 37.5 Å². The van der Waals surface area contributed by atoms with Crippen molar-refractivity contribution in [2.75, 3.05) is 13.2 Å². The van der Waals surface area contributed by atoms with Crippen molar-refractivity contribution in [2.45, 2.75) is 51.6 Å². The Morgan fingerprint density at radius 1 is 0.724 bits per heavy atom. The van der Waals surface area contributed by atoms with E-state index in [9.17, 15) is 0 Å². The Morgan fingerprint density at radius 3 is 1.52 bits per heavy atom. The van der Waals surface area contributed by atoms with Gasteiger partial charge in [-0.2, -0.15) is 0 Å². The average Bonchev–Trinajstić information content (AvgIpc) is 3.46. The highest BCUT2D eigenvalue weighted by molar-refractivity contribution is 6.06. The molecule has 2 unspecified atom stereocenters. The van der Waals surface area contributed by atoms with E-state index < -0.39 is 0 Å². The highest BCUT2D eigenvalue weighted by Crippen LogP contribution is 2.42. The van der Waals surface area contributed by atoms with Gasteiger partial charge in [0.15, 0.2) is 11.8 Å². The zero-order chi connectivity index (χ0) is 20.1. The van der Waals surface area contributed by atoms with Crippen LogP contribution in [0.5, 0.6) is 0 Å². The van der Waals surface area contributed by atoms with Crippen LogP contribution >= 0.6 is 0 Å². The number of hydrogen-bond acceptors (Lipinski definition) is 4. The summed E-state index contributed by atoms with van der Waals surface area (Å²) in [6, 6.07) is 20.9. The van der Waals surface area contributed by atoms with Gasteiger partial charge in [-0.1, -0.05) is 87.4 Å². The molecule has 0 fully saturated rings. The largest absolute Gasteiger partial charge is 0.478 e. The Morgan fingerprint density at radius 2 is 1.14 bits per heavy atom. The Labute approximate surface area is 173 Å². The molecule has 152 valence electrons. The molecule has 2 heterocycles. The monoisotopic (exact) mass is 390 g/mol. The van der Waals surface area contributed by atoms with Gasteiger partial charge in [0.1, 0.15) is 30.7 Å². The average molecular weight is 391 g/mol. The third kappa shape index (κ3) is 3.93. The van der Waals surface area contributed by atoms with Gasteiger partial charge in [0.25, 0.3) is 0 Å². The maximum Gasteiger partial charge on any atom is 0.200 e. The van der Waals surface area contributed by atoms with E-state index in [1.165, 1.54) is 11.1 Å². The normalized spacial score (nSPS) is 21.3. The molecule has 2 aromatic rings. The van der Waals surface area contributed by atoms with Gasteiger partial charge in [-0.05, 0) is 24.0 Å². The van der Waals surface area contributed by atoms with Gasteiger partial charge in [-0.25, -0.2) is 9.98 Å². The van der Waals surface area contributed by atoms with E-state index in [1.807, 2.05) is 12.1 Å². The fourth-order valence-corrected chi connectivity index (χ4v) is 4.46. The van der Waals surface area contributed by atoms with Crippen molar-refractivity contribution in [1.29, 1.82) is 0 Å². The molecule has 2 aromatic carbocycles. The van der Waals surface area contributed by atoms with Crippen LogP contribution in [0.4, 0.5) is 0 Å². The number of rotatable bonds is 8. The summed E-state index contributed by atoms with van der Waals surface area (Å²) >= 11 is 0. The van der Waals surface area contributed by atoms with Crippen LogP contribution in [-0.2, 0) is 9.47 Å². The summed E-state index contributed by atoms with van der Waals surface area (Å²) in [5.74, 6) is 1.62. The van der Waals surface area contributed by atoms with E-state index in [1.54, 1.807) is 0 Å². The van der Waals surface area contributed by atoms with Crippen LogP contribution in [0.25, 0.3) is 0 Å². The molecule has 0 N–H and O–H groups in total. The van der Waals surface area contributed by atoms with Crippen molar-refractivity contribution in [1.82, 2.24) is 0 Å². The fraction of sp³-hybridized carbons (Fsp3) is 0.440. The van der Waals surface area contributed by atoms with Crippen LogP contribution in [0.15, 0.2) is 70.6 Å². The summed E-state index contributed by atoms with van der Waals surface area (Å²) in [5, 5.41) is 0. The molecule has 0 aromatic heterocycles. The lowest BCUT2D eigenvalue weighted by atomic mass is 9.78. The van der Waals surface area contributed by atoms with Crippen molar-refractivity contribution in [2.24, 2.45) is 15.4 Å². The van der Waals surface area contributed by atoms with E-state index in [-0.39, 0.29) is 17.5 Å². The molecule has 4 rings (SSSR count). The second kappa shape index (κ2) is 8.81. The lowest BCUT2D eigenvalue weighted by molar-refractivity contribution is 0.237. The van der Waals surface area contributed by atoms with E-state index >= 15 is 0 Å². The molecular weight excluding hydrogens is 360 g/mol.